The summed E-state index contributed by atoms with van der Waals surface area (Å²) in [6.45, 7) is 2.97. The van der Waals surface area contributed by atoms with E-state index in [0.29, 0.717) is 24.5 Å². The summed E-state index contributed by atoms with van der Waals surface area (Å²) in [5, 5.41) is 6.22. The van der Waals surface area contributed by atoms with Gasteiger partial charge in [0.25, 0.3) is 5.91 Å². The lowest BCUT2D eigenvalue weighted by Gasteiger charge is -2.15. The van der Waals surface area contributed by atoms with Gasteiger partial charge in [0.1, 0.15) is 24.5 Å². The Bertz CT molecular complexity index is 1860. The van der Waals surface area contributed by atoms with Crippen LogP contribution in [0.5, 0.6) is 5.75 Å². The molecule has 0 fully saturated rings. The third-order valence-corrected chi connectivity index (χ3v) is 6.81. The Labute approximate surface area is 224 Å². The van der Waals surface area contributed by atoms with Gasteiger partial charge in [0.15, 0.2) is 5.69 Å². The first-order valence-corrected chi connectivity index (χ1v) is 12.5. The summed E-state index contributed by atoms with van der Waals surface area (Å²) in [5.74, 6) is 0.819. The summed E-state index contributed by atoms with van der Waals surface area (Å²) in [7, 11) is 1.63. The highest BCUT2D eigenvalue weighted by Crippen LogP contribution is 2.39. The number of rotatable bonds is 8. The number of benzene rings is 3. The minimum absolute atomic E-state index is 0.186. The van der Waals surface area contributed by atoms with Crippen LogP contribution >= 0.6 is 0 Å². The molecule has 6 rings (SSSR count). The predicted octanol–water partition coefficient (Wildman–Crippen LogP) is 5.50. The highest BCUT2D eigenvalue weighted by molar-refractivity contribution is 6.19. The van der Waals surface area contributed by atoms with E-state index in [0.717, 1.165) is 55.4 Å². The molecule has 1 amide bonds. The molecule has 39 heavy (non-hydrogen) atoms. The van der Waals surface area contributed by atoms with Gasteiger partial charge in [0.2, 0.25) is 0 Å². The number of carbonyl (C=O) groups excluding carboxylic acids is 1. The van der Waals surface area contributed by atoms with Gasteiger partial charge >= 0.3 is 0 Å². The Morgan fingerprint density at radius 1 is 0.974 bits per heavy atom. The Kier molecular flexibility index (Phi) is 6.26. The lowest BCUT2D eigenvalue weighted by atomic mass is 9.96. The molecular formula is C30H26N6O3. The third-order valence-electron chi connectivity index (χ3n) is 6.81. The SMILES string of the molecule is COCCOc1ccc2c(c1)[nH]c1c(C(N)=O)ncc(-c3cccc(Nc4ncnc5ccccc45)c3C)c12. The number of H-pyrrole nitrogens is 1. The van der Waals surface area contributed by atoms with Gasteiger partial charge in [-0.2, -0.15) is 0 Å². The molecule has 0 saturated heterocycles. The number of nitrogens with zero attached hydrogens (tertiary/aromatic N) is 3. The average molecular weight is 519 g/mol. The average Bonchev–Trinajstić information content (AvgIpc) is 3.33. The number of nitrogens with one attached hydrogen (secondary N) is 2. The van der Waals surface area contributed by atoms with E-state index in [4.69, 9.17) is 15.2 Å². The third kappa shape index (κ3) is 4.38. The molecule has 0 unspecified atom stereocenters. The number of carbonyl (C=O) groups is 1. The van der Waals surface area contributed by atoms with Crippen molar-refractivity contribution in [3.05, 3.63) is 84.4 Å². The standard InChI is InChI=1S/C30H26N6O3/c1-17-19(7-5-9-23(17)36-30-21-6-3-4-8-24(21)33-16-34-30)22-15-32-28(29(31)37)27-26(22)20-11-10-18(14-25(20)35-27)39-13-12-38-2/h3-11,14-16,35H,12-13H2,1-2H3,(H2,31,37)(H,33,34,36). The Morgan fingerprint density at radius 2 is 1.85 bits per heavy atom. The number of fused-ring (bicyclic) bond motifs is 4. The fourth-order valence-corrected chi connectivity index (χ4v) is 4.91. The van der Waals surface area contributed by atoms with Gasteiger partial charge < -0.3 is 25.5 Å². The first-order valence-electron chi connectivity index (χ1n) is 12.5. The lowest BCUT2D eigenvalue weighted by molar-refractivity contribution is 0.0997. The van der Waals surface area contributed by atoms with E-state index < -0.39 is 5.91 Å². The molecule has 0 atom stereocenters. The molecule has 3 aromatic carbocycles. The first-order chi connectivity index (χ1) is 19.0. The van der Waals surface area contributed by atoms with Gasteiger partial charge in [0.05, 0.1) is 23.2 Å². The second-order valence-electron chi connectivity index (χ2n) is 9.15. The van der Waals surface area contributed by atoms with Crippen LogP contribution in [0.25, 0.3) is 43.8 Å². The summed E-state index contributed by atoms with van der Waals surface area (Å²) in [6, 6.07) is 19.7. The molecule has 0 spiro atoms. The Morgan fingerprint density at radius 3 is 2.69 bits per heavy atom. The monoisotopic (exact) mass is 518 g/mol. The number of methoxy groups -OCH3 is 1. The molecule has 194 valence electrons. The number of primary amides is 1. The van der Waals surface area contributed by atoms with Crippen LogP contribution in [0.1, 0.15) is 16.1 Å². The molecule has 0 aliphatic rings. The second kappa shape index (κ2) is 10.0. The van der Waals surface area contributed by atoms with Crippen molar-refractivity contribution in [2.45, 2.75) is 6.92 Å². The highest BCUT2D eigenvalue weighted by atomic mass is 16.5. The number of pyridine rings is 1. The molecule has 3 aromatic heterocycles. The van der Waals surface area contributed by atoms with E-state index in [2.05, 4.69) is 25.3 Å². The van der Waals surface area contributed by atoms with E-state index in [1.54, 1.807) is 19.6 Å². The highest BCUT2D eigenvalue weighted by Gasteiger charge is 2.20. The zero-order valence-corrected chi connectivity index (χ0v) is 21.5. The molecule has 4 N–H and O–H groups in total. The predicted molar refractivity (Wildman–Crippen MR) is 152 cm³/mol. The number of hydrogen-bond donors (Lipinski definition) is 3. The van der Waals surface area contributed by atoms with Crippen LogP contribution in [-0.4, -0.2) is 46.2 Å². The zero-order chi connectivity index (χ0) is 26.9. The summed E-state index contributed by atoms with van der Waals surface area (Å²) in [6.07, 6.45) is 3.27. The van der Waals surface area contributed by atoms with E-state index in [-0.39, 0.29) is 5.69 Å². The van der Waals surface area contributed by atoms with Crippen LogP contribution in [-0.2, 0) is 4.74 Å². The smallest absolute Gasteiger partial charge is 0.269 e. The number of anilines is 2. The maximum atomic E-state index is 12.3. The Hall–Kier alpha value is -5.02. The summed E-state index contributed by atoms with van der Waals surface area (Å²) in [4.78, 5) is 29.0. The van der Waals surface area contributed by atoms with E-state index in [1.807, 2.05) is 67.6 Å². The number of aromatic amines is 1. The van der Waals surface area contributed by atoms with Gasteiger partial charge in [-0.25, -0.2) is 15.0 Å². The summed E-state index contributed by atoms with van der Waals surface area (Å²) in [5.41, 5.74) is 11.9. The number of amides is 1. The molecule has 0 aliphatic carbocycles. The minimum atomic E-state index is -0.600. The van der Waals surface area contributed by atoms with E-state index >= 15 is 0 Å². The topological polar surface area (TPSA) is 128 Å². The van der Waals surface area contributed by atoms with Crippen molar-refractivity contribution in [1.82, 2.24) is 19.9 Å². The molecule has 9 heteroatoms. The van der Waals surface area contributed by atoms with E-state index in [1.165, 1.54) is 0 Å². The van der Waals surface area contributed by atoms with Crippen molar-refractivity contribution in [1.29, 1.82) is 0 Å². The maximum absolute atomic E-state index is 12.3. The molecular weight excluding hydrogens is 492 g/mol. The van der Waals surface area contributed by atoms with Crippen LogP contribution < -0.4 is 15.8 Å². The van der Waals surface area contributed by atoms with Crippen LogP contribution in [0.15, 0.2) is 73.2 Å². The fraction of sp³-hybridized carbons (Fsp3) is 0.133. The maximum Gasteiger partial charge on any atom is 0.269 e. The van der Waals surface area contributed by atoms with Crippen molar-refractivity contribution >= 4 is 50.1 Å². The van der Waals surface area contributed by atoms with E-state index in [9.17, 15) is 4.79 Å². The van der Waals surface area contributed by atoms with Gasteiger partial charge in [-0.05, 0) is 48.4 Å². The van der Waals surface area contributed by atoms with Crippen LogP contribution in [0.2, 0.25) is 0 Å². The normalized spacial score (nSPS) is 11.3. The van der Waals surface area contributed by atoms with Gasteiger partial charge in [0, 0.05) is 46.8 Å². The molecule has 0 radical (unpaired) electrons. The fourth-order valence-electron chi connectivity index (χ4n) is 4.91. The molecule has 3 heterocycles. The Balaban J connectivity index is 1.49. The molecule has 6 aromatic rings. The van der Waals surface area contributed by atoms with Crippen molar-refractivity contribution < 1.29 is 14.3 Å². The number of nitrogens with two attached hydrogens (primary N) is 1. The largest absolute Gasteiger partial charge is 0.491 e. The molecule has 0 saturated carbocycles. The summed E-state index contributed by atoms with van der Waals surface area (Å²) >= 11 is 0. The van der Waals surface area contributed by atoms with Crippen molar-refractivity contribution in [2.75, 3.05) is 25.6 Å². The van der Waals surface area contributed by atoms with Crippen molar-refractivity contribution in [3.63, 3.8) is 0 Å². The molecule has 0 aliphatic heterocycles. The van der Waals surface area contributed by atoms with Crippen LogP contribution in [0, 0.1) is 6.92 Å². The van der Waals surface area contributed by atoms with Crippen molar-refractivity contribution in [2.24, 2.45) is 5.73 Å². The van der Waals surface area contributed by atoms with Gasteiger partial charge in [-0.15, -0.1) is 0 Å². The van der Waals surface area contributed by atoms with Gasteiger partial charge in [-0.1, -0.05) is 24.3 Å². The zero-order valence-electron chi connectivity index (χ0n) is 21.5. The van der Waals surface area contributed by atoms with Crippen LogP contribution in [0.3, 0.4) is 0 Å². The second-order valence-corrected chi connectivity index (χ2v) is 9.15. The lowest BCUT2D eigenvalue weighted by Crippen LogP contribution is -2.13. The number of hydrogen-bond acceptors (Lipinski definition) is 7. The number of para-hydroxylation sites is 1. The van der Waals surface area contributed by atoms with Gasteiger partial charge in [-0.3, -0.25) is 4.79 Å². The quantitative estimate of drug-likeness (QED) is 0.227. The van der Waals surface area contributed by atoms with Crippen LogP contribution in [0.4, 0.5) is 11.5 Å². The minimum Gasteiger partial charge on any atom is -0.491 e. The molecule has 9 nitrogen and oxygen atoms in total. The first kappa shape index (κ1) is 24.3. The molecule has 0 bridgehead atoms. The summed E-state index contributed by atoms with van der Waals surface area (Å²) < 4.78 is 10.9. The number of aromatic nitrogens is 4. The van der Waals surface area contributed by atoms with Crippen molar-refractivity contribution in [3.8, 4) is 16.9 Å². The number of ether oxygens (including phenoxy) is 2.